The van der Waals surface area contributed by atoms with Crippen molar-refractivity contribution in [1.82, 2.24) is 9.80 Å². The summed E-state index contributed by atoms with van der Waals surface area (Å²) in [4.78, 5) is 16.4. The van der Waals surface area contributed by atoms with Crippen molar-refractivity contribution < 1.29 is 4.79 Å². The summed E-state index contributed by atoms with van der Waals surface area (Å²) >= 11 is 0. The standard InChI is InChI=1S/C14H18N4O/c15-6-3-7-17-8-10-18(11-9-17)14(19)12-4-1-2-5-13(12)16/h1-2,4-5H,3,7-11,16H2. The van der Waals surface area contributed by atoms with Crippen LogP contribution in [0.15, 0.2) is 24.3 Å². The van der Waals surface area contributed by atoms with Gasteiger partial charge in [-0.3, -0.25) is 9.69 Å². The van der Waals surface area contributed by atoms with E-state index in [4.69, 9.17) is 11.0 Å². The molecule has 0 radical (unpaired) electrons. The minimum Gasteiger partial charge on any atom is -0.398 e. The molecule has 1 aliphatic heterocycles. The molecular weight excluding hydrogens is 240 g/mol. The zero-order valence-corrected chi connectivity index (χ0v) is 10.9. The molecule has 19 heavy (non-hydrogen) atoms. The molecule has 5 heteroatoms. The Morgan fingerprint density at radius 2 is 1.95 bits per heavy atom. The second-order valence-corrected chi connectivity index (χ2v) is 4.63. The van der Waals surface area contributed by atoms with Crippen molar-refractivity contribution in [3.63, 3.8) is 0 Å². The van der Waals surface area contributed by atoms with Crippen LogP contribution in [-0.4, -0.2) is 48.4 Å². The summed E-state index contributed by atoms with van der Waals surface area (Å²) in [6.45, 7) is 3.81. The van der Waals surface area contributed by atoms with E-state index in [2.05, 4.69) is 11.0 Å². The minimum absolute atomic E-state index is 0.00182. The average Bonchev–Trinajstić information content (AvgIpc) is 2.45. The van der Waals surface area contributed by atoms with Gasteiger partial charge in [0.2, 0.25) is 0 Å². The Balaban J connectivity index is 1.93. The van der Waals surface area contributed by atoms with E-state index >= 15 is 0 Å². The van der Waals surface area contributed by atoms with Crippen LogP contribution in [0.2, 0.25) is 0 Å². The Hall–Kier alpha value is -2.06. The van der Waals surface area contributed by atoms with Crippen molar-refractivity contribution in [3.05, 3.63) is 29.8 Å². The van der Waals surface area contributed by atoms with E-state index in [0.717, 1.165) is 19.6 Å². The molecule has 1 fully saturated rings. The van der Waals surface area contributed by atoms with Gasteiger partial charge in [-0.25, -0.2) is 0 Å². The van der Waals surface area contributed by atoms with Crippen LogP contribution in [0, 0.1) is 11.3 Å². The van der Waals surface area contributed by atoms with Gasteiger partial charge in [-0.1, -0.05) is 12.1 Å². The normalized spacial score (nSPS) is 16.1. The first-order chi connectivity index (χ1) is 9.22. The van der Waals surface area contributed by atoms with Crippen LogP contribution in [0.4, 0.5) is 5.69 Å². The van der Waals surface area contributed by atoms with Gasteiger partial charge in [0.1, 0.15) is 0 Å². The Morgan fingerprint density at radius 3 is 2.58 bits per heavy atom. The molecule has 0 spiro atoms. The number of nitrogens with zero attached hydrogens (tertiary/aromatic N) is 3. The third-order valence-electron chi connectivity index (χ3n) is 3.39. The van der Waals surface area contributed by atoms with Crippen molar-refractivity contribution in [1.29, 1.82) is 5.26 Å². The topological polar surface area (TPSA) is 73.4 Å². The molecule has 2 rings (SSSR count). The summed E-state index contributed by atoms with van der Waals surface area (Å²) < 4.78 is 0. The number of nitrogens with two attached hydrogens (primary N) is 1. The number of piperazine rings is 1. The van der Waals surface area contributed by atoms with E-state index < -0.39 is 0 Å². The Bertz CT molecular complexity index is 486. The quantitative estimate of drug-likeness (QED) is 0.819. The molecule has 5 nitrogen and oxygen atoms in total. The van der Waals surface area contributed by atoms with Crippen molar-refractivity contribution in [2.24, 2.45) is 0 Å². The largest absolute Gasteiger partial charge is 0.398 e. The molecule has 1 aromatic rings. The summed E-state index contributed by atoms with van der Waals surface area (Å²) in [5.41, 5.74) is 6.93. The van der Waals surface area contributed by atoms with E-state index in [-0.39, 0.29) is 5.91 Å². The monoisotopic (exact) mass is 258 g/mol. The van der Waals surface area contributed by atoms with E-state index in [1.807, 2.05) is 17.0 Å². The number of para-hydroxylation sites is 1. The predicted molar refractivity (Wildman–Crippen MR) is 73.4 cm³/mol. The van der Waals surface area contributed by atoms with Crippen LogP contribution >= 0.6 is 0 Å². The van der Waals surface area contributed by atoms with Gasteiger partial charge < -0.3 is 10.6 Å². The first-order valence-electron chi connectivity index (χ1n) is 6.45. The van der Waals surface area contributed by atoms with Crippen LogP contribution < -0.4 is 5.73 Å². The van der Waals surface area contributed by atoms with Gasteiger partial charge in [-0.15, -0.1) is 0 Å². The van der Waals surface area contributed by atoms with E-state index in [1.54, 1.807) is 12.1 Å². The zero-order chi connectivity index (χ0) is 13.7. The highest BCUT2D eigenvalue weighted by molar-refractivity contribution is 5.99. The number of carbonyl (C=O) groups excluding carboxylic acids is 1. The molecule has 100 valence electrons. The number of hydrogen-bond donors (Lipinski definition) is 1. The van der Waals surface area contributed by atoms with Gasteiger partial charge >= 0.3 is 0 Å². The second-order valence-electron chi connectivity index (χ2n) is 4.63. The molecule has 0 aliphatic carbocycles. The highest BCUT2D eigenvalue weighted by atomic mass is 16.2. The van der Waals surface area contributed by atoms with Crippen molar-refractivity contribution >= 4 is 11.6 Å². The van der Waals surface area contributed by atoms with Gasteiger partial charge in [0.05, 0.1) is 11.6 Å². The number of nitrogen functional groups attached to an aromatic ring is 1. The number of carbonyl (C=O) groups is 1. The number of benzene rings is 1. The zero-order valence-electron chi connectivity index (χ0n) is 10.9. The van der Waals surface area contributed by atoms with E-state index in [0.29, 0.717) is 30.8 Å². The van der Waals surface area contributed by atoms with Crippen molar-refractivity contribution in [3.8, 4) is 6.07 Å². The lowest BCUT2D eigenvalue weighted by molar-refractivity contribution is 0.0641. The summed E-state index contributed by atoms with van der Waals surface area (Å²) in [6.07, 6.45) is 0.541. The molecule has 1 amide bonds. The van der Waals surface area contributed by atoms with Crippen LogP contribution in [0.25, 0.3) is 0 Å². The maximum Gasteiger partial charge on any atom is 0.256 e. The first kappa shape index (κ1) is 13.4. The molecular formula is C14H18N4O. The molecule has 0 atom stereocenters. The molecule has 0 unspecified atom stereocenters. The fourth-order valence-electron chi connectivity index (χ4n) is 2.24. The highest BCUT2D eigenvalue weighted by Crippen LogP contribution is 2.15. The molecule has 1 aromatic carbocycles. The molecule has 1 saturated heterocycles. The van der Waals surface area contributed by atoms with E-state index in [1.165, 1.54) is 0 Å². The Kier molecular flexibility index (Phi) is 4.37. The lowest BCUT2D eigenvalue weighted by Crippen LogP contribution is -2.48. The maximum atomic E-state index is 12.3. The minimum atomic E-state index is -0.00182. The van der Waals surface area contributed by atoms with E-state index in [9.17, 15) is 4.79 Å². The van der Waals surface area contributed by atoms with Gasteiger partial charge in [-0.05, 0) is 12.1 Å². The molecule has 1 aliphatic rings. The second kappa shape index (κ2) is 6.21. The first-order valence-corrected chi connectivity index (χ1v) is 6.45. The number of rotatable bonds is 3. The number of amides is 1. The SMILES string of the molecule is N#CCCN1CCN(C(=O)c2ccccc2N)CC1. The lowest BCUT2D eigenvalue weighted by Gasteiger charge is -2.34. The van der Waals surface area contributed by atoms with Crippen LogP contribution in [0.5, 0.6) is 0 Å². The maximum absolute atomic E-state index is 12.3. The fourth-order valence-corrected chi connectivity index (χ4v) is 2.24. The fraction of sp³-hybridized carbons (Fsp3) is 0.429. The van der Waals surface area contributed by atoms with Gasteiger partial charge in [-0.2, -0.15) is 5.26 Å². The highest BCUT2D eigenvalue weighted by Gasteiger charge is 2.22. The predicted octanol–water partition coefficient (Wildman–Crippen LogP) is 0.940. The molecule has 0 aromatic heterocycles. The number of nitriles is 1. The molecule has 2 N–H and O–H groups in total. The summed E-state index contributed by atoms with van der Waals surface area (Å²) in [5.74, 6) is -0.00182. The van der Waals surface area contributed by atoms with Crippen molar-refractivity contribution in [2.75, 3.05) is 38.5 Å². The Labute approximate surface area is 113 Å². The molecule has 0 saturated carbocycles. The average molecular weight is 258 g/mol. The molecule has 0 bridgehead atoms. The summed E-state index contributed by atoms with van der Waals surface area (Å²) in [7, 11) is 0. The van der Waals surface area contributed by atoms with Crippen LogP contribution in [0.1, 0.15) is 16.8 Å². The lowest BCUT2D eigenvalue weighted by atomic mass is 10.1. The summed E-state index contributed by atoms with van der Waals surface area (Å²) in [6, 6.07) is 9.31. The smallest absolute Gasteiger partial charge is 0.256 e. The van der Waals surface area contributed by atoms with Gasteiger partial charge in [0, 0.05) is 44.8 Å². The summed E-state index contributed by atoms with van der Waals surface area (Å²) in [5, 5.41) is 8.56. The van der Waals surface area contributed by atoms with Gasteiger partial charge in [0.25, 0.3) is 5.91 Å². The third-order valence-corrected chi connectivity index (χ3v) is 3.39. The van der Waals surface area contributed by atoms with Gasteiger partial charge in [0.15, 0.2) is 0 Å². The number of hydrogen-bond acceptors (Lipinski definition) is 4. The third kappa shape index (κ3) is 3.24. The van der Waals surface area contributed by atoms with Crippen LogP contribution in [-0.2, 0) is 0 Å². The molecule has 1 heterocycles. The number of anilines is 1. The van der Waals surface area contributed by atoms with Crippen molar-refractivity contribution in [2.45, 2.75) is 6.42 Å². The Morgan fingerprint density at radius 1 is 1.26 bits per heavy atom. The van der Waals surface area contributed by atoms with Crippen LogP contribution in [0.3, 0.4) is 0 Å².